The maximum Gasteiger partial charge on any atom is 0.416 e. The first kappa shape index (κ1) is 64.3. The molecule has 0 aromatic heterocycles. The molecule has 3 fully saturated rings. The summed E-state index contributed by atoms with van der Waals surface area (Å²) in [6, 6.07) is 19.5. The van der Waals surface area contributed by atoms with Gasteiger partial charge in [0.15, 0.2) is 12.6 Å². The summed E-state index contributed by atoms with van der Waals surface area (Å²) in [5, 5.41) is 67.6. The van der Waals surface area contributed by atoms with Crippen LogP contribution in [0.15, 0.2) is 78.9 Å². The number of aliphatic hydroxyl groups excluding tert-OH is 2. The molecule has 0 aliphatic carbocycles. The molecule has 0 radical (unpaired) electrons. The number of rotatable bonds is 15. The Labute approximate surface area is 463 Å². The quantitative estimate of drug-likeness (QED) is 0.0798. The zero-order chi connectivity index (χ0) is 58.6. The Morgan fingerprint density at radius 2 is 1.48 bits per heavy atom. The number of carbonyl (C=O) groups excluding carboxylic acids is 1. The van der Waals surface area contributed by atoms with Crippen LogP contribution in [0.5, 0.6) is 0 Å². The molecular formula is C57H85F3N4O14S. The highest BCUT2D eigenvalue weighted by Crippen LogP contribution is 2.44. The third-order valence-corrected chi connectivity index (χ3v) is 18.1. The van der Waals surface area contributed by atoms with E-state index in [0.717, 1.165) is 45.3 Å². The van der Waals surface area contributed by atoms with E-state index in [1.165, 1.54) is 28.0 Å². The second kappa shape index (κ2) is 25.7. The number of halogens is 3. The summed E-state index contributed by atoms with van der Waals surface area (Å²) in [7, 11) is -1.88. The average molecular weight is 1140 g/mol. The molecule has 3 aliphatic heterocycles. The molecule has 0 spiro atoms. The van der Waals surface area contributed by atoms with E-state index in [0.29, 0.717) is 6.54 Å². The molecule has 18 atom stereocenters. The SMILES string of the molecule is CC[C@H]1OC(=O)[C@H](C)[C@@H](O[C@H]2C[C@@](C)(OC)[C@](O)(CNCc3ccc(-c4ccccc4)cc3)[C@H](C)O2)[C@H](C)[C@@H](O[C@@H]2O[C@H](C)C[C@H](N(C)S(=O)(=O)Nc3ccc(C(F)(F)F)cc3)[C@H]2O)[C@](C)(O)C[C@@H](C)CN[C@H](C)[C@@H](O)[C@]1(C)O. The van der Waals surface area contributed by atoms with Crippen molar-refractivity contribution >= 4 is 21.9 Å². The van der Waals surface area contributed by atoms with E-state index in [1.54, 1.807) is 48.5 Å². The number of hydrogen-bond acceptors (Lipinski definition) is 16. The lowest BCUT2D eigenvalue weighted by atomic mass is 9.75. The van der Waals surface area contributed by atoms with Crippen molar-refractivity contribution in [3.8, 4) is 11.1 Å². The normalized spacial score (nSPS) is 37.7. The van der Waals surface area contributed by atoms with E-state index >= 15 is 0 Å². The van der Waals surface area contributed by atoms with Gasteiger partial charge >= 0.3 is 22.4 Å². The van der Waals surface area contributed by atoms with Crippen molar-refractivity contribution in [2.24, 2.45) is 17.8 Å². The van der Waals surface area contributed by atoms with Gasteiger partial charge < -0.3 is 64.6 Å². The van der Waals surface area contributed by atoms with Crippen LogP contribution in [0.25, 0.3) is 11.1 Å². The van der Waals surface area contributed by atoms with Crippen LogP contribution in [0, 0.1) is 17.8 Å². The summed E-state index contributed by atoms with van der Waals surface area (Å²) in [6.07, 6.45) is -16.3. The van der Waals surface area contributed by atoms with Gasteiger partial charge in [0.1, 0.15) is 35.1 Å². The lowest BCUT2D eigenvalue weighted by Crippen LogP contribution is -2.70. The smallest absolute Gasteiger partial charge is 0.416 e. The summed E-state index contributed by atoms with van der Waals surface area (Å²) >= 11 is 0. The molecule has 79 heavy (non-hydrogen) atoms. The molecule has 3 aromatic rings. The predicted molar refractivity (Wildman–Crippen MR) is 290 cm³/mol. The van der Waals surface area contributed by atoms with Gasteiger partial charge in [0.05, 0.1) is 47.5 Å². The van der Waals surface area contributed by atoms with E-state index in [4.69, 9.17) is 28.4 Å². The molecule has 3 heterocycles. The molecule has 18 nitrogen and oxygen atoms in total. The molecule has 6 rings (SSSR count). The number of likely N-dealkylation sites (N-methyl/N-ethyl adjacent to an activating group) is 1. The van der Waals surface area contributed by atoms with Gasteiger partial charge in [-0.05, 0) is 121 Å². The summed E-state index contributed by atoms with van der Waals surface area (Å²) < 4.78 is 109. The summed E-state index contributed by atoms with van der Waals surface area (Å²) in [4.78, 5) is 14.7. The van der Waals surface area contributed by atoms with Crippen molar-refractivity contribution in [1.29, 1.82) is 0 Å². The molecule has 0 amide bonds. The largest absolute Gasteiger partial charge is 0.459 e. The number of esters is 1. The molecule has 0 bridgehead atoms. The number of ether oxygens (including phenoxy) is 6. The first-order chi connectivity index (χ1) is 36.8. The number of methoxy groups -OCH3 is 1. The highest BCUT2D eigenvalue weighted by Gasteiger charge is 2.58. The number of aliphatic hydroxyl groups is 5. The number of benzene rings is 3. The van der Waals surface area contributed by atoms with Crippen LogP contribution in [0.1, 0.15) is 106 Å². The zero-order valence-corrected chi connectivity index (χ0v) is 48.3. The number of hydrogen-bond donors (Lipinski definition) is 8. The van der Waals surface area contributed by atoms with Crippen molar-refractivity contribution in [1.82, 2.24) is 14.9 Å². The fraction of sp³-hybridized carbons (Fsp3) is 0.667. The van der Waals surface area contributed by atoms with E-state index in [1.807, 2.05) is 61.5 Å². The van der Waals surface area contributed by atoms with Crippen LogP contribution in [0.3, 0.4) is 0 Å². The molecule has 0 unspecified atom stereocenters. The maximum absolute atomic E-state index is 14.7. The minimum Gasteiger partial charge on any atom is -0.459 e. The first-order valence-corrected chi connectivity index (χ1v) is 28.6. The third kappa shape index (κ3) is 14.9. The molecule has 0 saturated carbocycles. The Morgan fingerprint density at radius 1 is 0.861 bits per heavy atom. The summed E-state index contributed by atoms with van der Waals surface area (Å²) in [5.74, 6) is -3.50. The Hall–Kier alpha value is -3.85. The Morgan fingerprint density at radius 3 is 2.08 bits per heavy atom. The van der Waals surface area contributed by atoms with Crippen LogP contribution in [0.4, 0.5) is 18.9 Å². The Kier molecular flexibility index (Phi) is 21.0. The van der Waals surface area contributed by atoms with Crippen molar-refractivity contribution in [2.75, 3.05) is 32.0 Å². The van der Waals surface area contributed by atoms with Crippen molar-refractivity contribution in [3.63, 3.8) is 0 Å². The van der Waals surface area contributed by atoms with Crippen molar-refractivity contribution < 1.29 is 80.3 Å². The van der Waals surface area contributed by atoms with Gasteiger partial charge in [0.25, 0.3) is 0 Å². The number of nitrogens with one attached hydrogen (secondary N) is 3. The van der Waals surface area contributed by atoms with Gasteiger partial charge in [-0.3, -0.25) is 9.52 Å². The molecule has 444 valence electrons. The second-order valence-electron chi connectivity index (χ2n) is 22.9. The second-order valence-corrected chi connectivity index (χ2v) is 24.6. The topological polar surface area (TPSA) is 247 Å². The van der Waals surface area contributed by atoms with Crippen molar-refractivity contribution in [3.05, 3.63) is 90.0 Å². The van der Waals surface area contributed by atoms with E-state index < -0.39 is 130 Å². The number of anilines is 1. The van der Waals surface area contributed by atoms with Crippen LogP contribution in [-0.4, -0.2) is 161 Å². The number of carbonyl (C=O) groups is 1. The van der Waals surface area contributed by atoms with Crippen LogP contribution in [0.2, 0.25) is 0 Å². The lowest BCUT2D eigenvalue weighted by Gasteiger charge is -2.53. The summed E-state index contributed by atoms with van der Waals surface area (Å²) in [5.41, 5.74) is -4.80. The minimum atomic E-state index is -4.65. The minimum absolute atomic E-state index is 0.000383. The molecule has 3 saturated heterocycles. The van der Waals surface area contributed by atoms with Gasteiger partial charge in [-0.15, -0.1) is 0 Å². The van der Waals surface area contributed by atoms with Gasteiger partial charge in [0, 0.05) is 51.3 Å². The zero-order valence-electron chi connectivity index (χ0n) is 47.4. The van der Waals surface area contributed by atoms with Crippen LogP contribution < -0.4 is 15.4 Å². The Balaban J connectivity index is 1.31. The van der Waals surface area contributed by atoms with Gasteiger partial charge in [0.2, 0.25) is 0 Å². The van der Waals surface area contributed by atoms with Gasteiger partial charge in [-0.25, -0.2) is 0 Å². The Bertz CT molecular complexity index is 2550. The van der Waals surface area contributed by atoms with Crippen molar-refractivity contribution in [2.45, 2.75) is 197 Å². The van der Waals surface area contributed by atoms with Gasteiger partial charge in [-0.2, -0.15) is 25.9 Å². The predicted octanol–water partition coefficient (Wildman–Crippen LogP) is 6.13. The fourth-order valence-electron chi connectivity index (χ4n) is 11.6. The lowest BCUT2D eigenvalue weighted by molar-refractivity contribution is -0.336. The molecule has 3 aliphatic rings. The van der Waals surface area contributed by atoms with Gasteiger partial charge in [-0.1, -0.05) is 75.4 Å². The van der Waals surface area contributed by atoms with Crippen LogP contribution in [-0.2, 0) is 56.1 Å². The number of nitrogens with zero attached hydrogens (tertiary/aromatic N) is 1. The number of alkyl halides is 3. The first-order valence-electron chi connectivity index (χ1n) is 27.2. The summed E-state index contributed by atoms with van der Waals surface area (Å²) in [6.45, 7) is 17.1. The van der Waals surface area contributed by atoms with E-state index in [-0.39, 0.29) is 50.4 Å². The van der Waals surface area contributed by atoms with E-state index in [2.05, 4.69) is 15.4 Å². The molecule has 22 heteroatoms. The number of cyclic esters (lactones) is 1. The maximum atomic E-state index is 14.7. The third-order valence-electron chi connectivity index (χ3n) is 16.6. The molecule has 8 N–H and O–H groups in total. The fourth-order valence-corrected chi connectivity index (χ4v) is 12.7. The highest BCUT2D eigenvalue weighted by atomic mass is 32.2. The van der Waals surface area contributed by atoms with E-state index in [9.17, 15) is 51.9 Å². The monoisotopic (exact) mass is 1140 g/mol. The standard InChI is InChI=1S/C57H85F3N4O14S/c1-13-45-55(10,69)49(66)37(6)62-30-33(2)28-53(8,68)50(78-52-47(65)44(27-34(3)74-52)64(11)79(71,72)63-43-25-23-42(24-26-43)57(58,59)60)35(4)48(36(5)51(67)76-45)77-46-29-54(9,73-12)56(70,38(7)75-46)32-61-31-39-19-21-41(22-20-39)40-17-15-14-16-18-40/h14-26,33-38,44-50,52,61-63,65-66,68-70H,13,27-32H2,1-12H3/t33-,34-,35+,36-,37-,38+,44+,45-,46+,47-,48+,49-,50-,52+,53-,54-,55-,56+/m1/s1. The van der Waals surface area contributed by atoms with Crippen LogP contribution >= 0.6 is 0 Å². The average Bonchev–Trinajstić information content (AvgIpc) is 3.42. The highest BCUT2D eigenvalue weighted by molar-refractivity contribution is 7.90. The molecule has 3 aromatic carbocycles. The molecular weight excluding hydrogens is 1050 g/mol.